The van der Waals surface area contributed by atoms with Crippen molar-refractivity contribution in [3.8, 4) is 11.4 Å². The maximum absolute atomic E-state index is 12.7. The van der Waals surface area contributed by atoms with Crippen molar-refractivity contribution in [1.82, 2.24) is 25.7 Å². The molecule has 2 aromatic rings. The van der Waals surface area contributed by atoms with E-state index in [0.29, 0.717) is 35.6 Å². The van der Waals surface area contributed by atoms with Gasteiger partial charge in [-0.05, 0) is 37.2 Å². The van der Waals surface area contributed by atoms with Crippen LogP contribution in [-0.4, -0.2) is 57.3 Å². The number of benzene rings is 1. The Morgan fingerprint density at radius 3 is 2.50 bits per heavy atom. The summed E-state index contributed by atoms with van der Waals surface area (Å²) in [6.45, 7) is 5.45. The van der Waals surface area contributed by atoms with E-state index in [0.717, 1.165) is 44.0 Å². The minimum absolute atomic E-state index is 0.00235. The molecule has 1 aromatic heterocycles. The molecule has 5 rings (SSSR count). The third-order valence-electron chi connectivity index (χ3n) is 6.25. The Labute approximate surface area is 174 Å². The van der Waals surface area contributed by atoms with Crippen molar-refractivity contribution in [3.63, 3.8) is 0 Å². The Balaban J connectivity index is 0.000000503. The van der Waals surface area contributed by atoms with Gasteiger partial charge in [-0.25, -0.2) is 4.79 Å². The van der Waals surface area contributed by atoms with E-state index in [4.69, 9.17) is 14.4 Å². The number of hydrogen-bond acceptors (Lipinski definition) is 6. The van der Waals surface area contributed by atoms with Crippen molar-refractivity contribution in [2.75, 3.05) is 13.1 Å². The maximum atomic E-state index is 12.7. The summed E-state index contributed by atoms with van der Waals surface area (Å²) in [6, 6.07) is 8.68. The highest BCUT2D eigenvalue weighted by atomic mass is 16.5. The van der Waals surface area contributed by atoms with Gasteiger partial charge in [0.15, 0.2) is 0 Å². The van der Waals surface area contributed by atoms with Gasteiger partial charge < -0.3 is 25.2 Å². The first-order valence-electron chi connectivity index (χ1n) is 10.3. The Hall–Kier alpha value is -2.94. The van der Waals surface area contributed by atoms with E-state index < -0.39 is 5.97 Å². The molecule has 3 saturated heterocycles. The van der Waals surface area contributed by atoms with Gasteiger partial charge in [-0.1, -0.05) is 29.4 Å². The summed E-state index contributed by atoms with van der Waals surface area (Å²) >= 11 is 0. The van der Waals surface area contributed by atoms with E-state index >= 15 is 0 Å². The zero-order chi connectivity index (χ0) is 21.3. The van der Waals surface area contributed by atoms with Gasteiger partial charge in [0.05, 0.1) is 6.54 Å². The van der Waals surface area contributed by atoms with Gasteiger partial charge in [0, 0.05) is 37.7 Å². The molecule has 9 heteroatoms. The predicted molar refractivity (Wildman–Crippen MR) is 109 cm³/mol. The number of carbonyl (C=O) groups is 2. The van der Waals surface area contributed by atoms with E-state index in [1.165, 1.54) is 0 Å². The summed E-state index contributed by atoms with van der Waals surface area (Å²) in [5, 5.41) is 17.9. The summed E-state index contributed by atoms with van der Waals surface area (Å²) in [6.07, 6.45) is 2.25. The summed E-state index contributed by atoms with van der Waals surface area (Å²) in [5.41, 5.74) is 2.05. The Morgan fingerprint density at radius 2 is 1.87 bits per heavy atom. The van der Waals surface area contributed by atoms with Crippen LogP contribution in [0.2, 0.25) is 0 Å². The highest BCUT2D eigenvalue weighted by Gasteiger charge is 2.56. The number of aryl methyl sites for hydroxylation is 1. The lowest BCUT2D eigenvalue weighted by molar-refractivity contribution is -0.134. The van der Waals surface area contributed by atoms with Gasteiger partial charge in [0.2, 0.25) is 11.7 Å². The lowest BCUT2D eigenvalue weighted by atomic mass is 9.82. The first kappa shape index (κ1) is 20.3. The average molecular weight is 413 g/mol. The van der Waals surface area contributed by atoms with Crippen LogP contribution in [-0.2, 0) is 11.3 Å². The Morgan fingerprint density at radius 1 is 1.23 bits per heavy atom. The smallest absolute Gasteiger partial charge is 0.318 e. The molecule has 3 fully saturated rings. The van der Waals surface area contributed by atoms with Gasteiger partial charge in [-0.2, -0.15) is 4.98 Å². The van der Waals surface area contributed by atoms with Crippen LogP contribution in [0.4, 0.5) is 4.79 Å². The van der Waals surface area contributed by atoms with Crippen molar-refractivity contribution in [1.29, 1.82) is 0 Å². The number of nitrogens with one attached hydrogen (secondary N) is 2. The van der Waals surface area contributed by atoms with Crippen LogP contribution in [0, 0.1) is 18.8 Å². The van der Waals surface area contributed by atoms with Crippen LogP contribution in [0.3, 0.4) is 0 Å². The highest BCUT2D eigenvalue weighted by molar-refractivity contribution is 5.76. The van der Waals surface area contributed by atoms with Crippen molar-refractivity contribution < 1.29 is 19.2 Å². The number of carboxylic acids is 1. The number of nitrogens with zero attached hydrogens (tertiary/aromatic N) is 3. The zero-order valence-electron chi connectivity index (χ0n) is 17.2. The molecule has 4 heterocycles. The first-order valence-corrected chi connectivity index (χ1v) is 10.3. The van der Waals surface area contributed by atoms with Crippen molar-refractivity contribution in [3.05, 3.63) is 35.7 Å². The number of urea groups is 1. The summed E-state index contributed by atoms with van der Waals surface area (Å²) in [7, 11) is 0. The molecule has 4 atom stereocenters. The molecule has 0 unspecified atom stereocenters. The van der Waals surface area contributed by atoms with Gasteiger partial charge >= 0.3 is 6.03 Å². The molecule has 3 aliphatic rings. The SMILES string of the molecule is CC(=O)O.Cc1ccccc1-c1noc(CNC(=O)N2[C@@H]3CC[C@H]2[C@H]2CNC[C@H]23)n1. The Bertz CT molecular complexity index is 908. The molecule has 0 radical (unpaired) electrons. The molecule has 3 aliphatic heterocycles. The first-order chi connectivity index (χ1) is 14.5. The fraction of sp³-hybridized carbons (Fsp3) is 0.524. The third-order valence-corrected chi connectivity index (χ3v) is 6.25. The molecule has 2 bridgehead atoms. The zero-order valence-corrected chi connectivity index (χ0v) is 17.2. The van der Waals surface area contributed by atoms with Crippen LogP contribution in [0.5, 0.6) is 0 Å². The summed E-state index contributed by atoms with van der Waals surface area (Å²) < 4.78 is 5.33. The molecule has 0 spiro atoms. The number of rotatable bonds is 3. The molecular weight excluding hydrogens is 386 g/mol. The lowest BCUT2D eigenvalue weighted by Gasteiger charge is -2.24. The molecule has 9 nitrogen and oxygen atoms in total. The molecule has 1 aromatic carbocycles. The van der Waals surface area contributed by atoms with Crippen molar-refractivity contribution in [2.24, 2.45) is 11.8 Å². The van der Waals surface area contributed by atoms with Crippen LogP contribution >= 0.6 is 0 Å². The second-order valence-electron chi connectivity index (χ2n) is 8.11. The monoisotopic (exact) mass is 413 g/mol. The number of aromatic nitrogens is 2. The number of carboxylic acid groups (broad SMARTS) is 1. The number of carbonyl (C=O) groups excluding carboxylic acids is 1. The minimum atomic E-state index is -0.833. The lowest BCUT2D eigenvalue weighted by Crippen LogP contribution is -2.45. The van der Waals surface area contributed by atoms with E-state index in [1.54, 1.807) is 0 Å². The molecular formula is C21H27N5O4. The van der Waals surface area contributed by atoms with E-state index in [1.807, 2.05) is 31.2 Å². The standard InChI is InChI=1S/C19H23N5O2.C2H4O2/c1-11-4-2-3-5-12(11)18-22-17(26-23-18)10-21-19(25)24-15-6-7-16(24)14-9-20-8-13(14)15;1-2(3)4/h2-5,13-16,20H,6-10H2,1H3,(H,21,25);1H3,(H,3,4)/t13-,14+,15-,16+;. The van der Waals surface area contributed by atoms with E-state index in [9.17, 15) is 4.79 Å². The number of amides is 2. The largest absolute Gasteiger partial charge is 0.481 e. The van der Waals surface area contributed by atoms with E-state index in [-0.39, 0.29) is 12.6 Å². The molecule has 160 valence electrons. The van der Waals surface area contributed by atoms with Crippen molar-refractivity contribution in [2.45, 2.75) is 45.3 Å². The van der Waals surface area contributed by atoms with Crippen molar-refractivity contribution >= 4 is 12.0 Å². The number of hydrogen-bond donors (Lipinski definition) is 3. The predicted octanol–water partition coefficient (Wildman–Crippen LogP) is 2.03. The van der Waals surface area contributed by atoms with Gasteiger partial charge in [0.25, 0.3) is 5.97 Å². The molecule has 30 heavy (non-hydrogen) atoms. The van der Waals surface area contributed by atoms with Gasteiger partial charge in [0.1, 0.15) is 0 Å². The van der Waals surface area contributed by atoms with Crippen LogP contribution in [0.1, 0.15) is 31.2 Å². The van der Waals surface area contributed by atoms with Gasteiger partial charge in [-0.15, -0.1) is 0 Å². The second-order valence-corrected chi connectivity index (χ2v) is 8.11. The molecule has 0 saturated carbocycles. The third kappa shape index (κ3) is 3.89. The Kier molecular flexibility index (Phi) is 5.72. The highest BCUT2D eigenvalue weighted by Crippen LogP contribution is 2.47. The molecule has 3 N–H and O–H groups in total. The van der Waals surface area contributed by atoms with E-state index in [2.05, 4.69) is 25.7 Å². The topological polar surface area (TPSA) is 121 Å². The van der Waals surface area contributed by atoms with Crippen LogP contribution in [0.15, 0.2) is 28.8 Å². The molecule has 0 aliphatic carbocycles. The minimum Gasteiger partial charge on any atom is -0.481 e. The summed E-state index contributed by atoms with van der Waals surface area (Å²) in [4.78, 5) is 28.3. The molecule has 2 amide bonds. The second kappa shape index (κ2) is 8.43. The number of aliphatic carboxylic acids is 1. The average Bonchev–Trinajstić information content (AvgIpc) is 3.47. The van der Waals surface area contributed by atoms with Crippen LogP contribution in [0.25, 0.3) is 11.4 Å². The number of fused-ring (bicyclic) bond motifs is 5. The van der Waals surface area contributed by atoms with Crippen LogP contribution < -0.4 is 10.6 Å². The quantitative estimate of drug-likeness (QED) is 0.704. The maximum Gasteiger partial charge on any atom is 0.318 e. The normalized spacial score (nSPS) is 26.1. The summed E-state index contributed by atoms with van der Waals surface area (Å²) in [5.74, 6) is 1.41. The van der Waals surface area contributed by atoms with Gasteiger partial charge in [-0.3, -0.25) is 4.79 Å². The fourth-order valence-corrected chi connectivity index (χ4v) is 5.07. The fourth-order valence-electron chi connectivity index (χ4n) is 5.07.